The average molecular weight is 368 g/mol. The van der Waals surface area contributed by atoms with E-state index in [4.69, 9.17) is 11.6 Å². The number of hydrogen-bond donors (Lipinski definition) is 0. The number of halogens is 4. The van der Waals surface area contributed by atoms with Gasteiger partial charge >= 0.3 is 0 Å². The van der Waals surface area contributed by atoms with Crippen LogP contribution in [0, 0.1) is 11.6 Å². The zero-order valence-corrected chi connectivity index (χ0v) is 13.1. The van der Waals surface area contributed by atoms with Crippen LogP contribution in [0.25, 0.3) is 10.8 Å². The third-order valence-electron chi connectivity index (χ3n) is 3.43. The zero-order valence-electron chi connectivity index (χ0n) is 10.8. The molecule has 0 saturated heterocycles. The van der Waals surface area contributed by atoms with E-state index in [0.717, 1.165) is 10.9 Å². The quantitative estimate of drug-likeness (QED) is 0.469. The van der Waals surface area contributed by atoms with Crippen molar-refractivity contribution in [3.8, 4) is 0 Å². The molecule has 3 aromatic carbocycles. The second kappa shape index (κ2) is 5.74. The Balaban J connectivity index is 2.21. The summed E-state index contributed by atoms with van der Waals surface area (Å²) in [5.41, 5.74) is 1.23. The first-order valence-corrected chi connectivity index (χ1v) is 7.64. The second-order valence-electron chi connectivity index (χ2n) is 4.69. The highest BCUT2D eigenvalue weighted by Gasteiger charge is 2.19. The molecule has 3 aromatic rings. The third kappa shape index (κ3) is 2.56. The van der Waals surface area contributed by atoms with Crippen molar-refractivity contribution in [3.63, 3.8) is 0 Å². The molecule has 0 aliphatic rings. The van der Waals surface area contributed by atoms with Crippen molar-refractivity contribution in [2.45, 2.75) is 4.83 Å². The van der Waals surface area contributed by atoms with E-state index < -0.39 is 10.6 Å². The van der Waals surface area contributed by atoms with Crippen LogP contribution in [0.4, 0.5) is 8.78 Å². The van der Waals surface area contributed by atoms with Gasteiger partial charge in [-0.3, -0.25) is 0 Å². The molecule has 0 aliphatic heterocycles. The standard InChI is InChI=1S/C17H10BrClF2/c18-16(13-6-3-7-14(19)17(13)21)12-8-9-15(20)11-5-2-1-4-10(11)12/h1-9,16H. The first kappa shape index (κ1) is 14.5. The predicted molar refractivity (Wildman–Crippen MR) is 86.1 cm³/mol. The minimum absolute atomic E-state index is 0.0726. The van der Waals surface area contributed by atoms with Gasteiger partial charge in [0.25, 0.3) is 0 Å². The lowest BCUT2D eigenvalue weighted by atomic mass is 9.98. The van der Waals surface area contributed by atoms with Crippen LogP contribution in [-0.4, -0.2) is 0 Å². The Morgan fingerprint density at radius 2 is 1.52 bits per heavy atom. The van der Waals surface area contributed by atoms with Crippen molar-refractivity contribution >= 4 is 38.3 Å². The minimum Gasteiger partial charge on any atom is -0.206 e. The van der Waals surface area contributed by atoms with Crippen LogP contribution in [0.15, 0.2) is 54.6 Å². The van der Waals surface area contributed by atoms with E-state index in [1.807, 2.05) is 12.1 Å². The van der Waals surface area contributed by atoms with Gasteiger partial charge in [0, 0.05) is 10.9 Å². The molecule has 0 radical (unpaired) electrons. The van der Waals surface area contributed by atoms with Gasteiger partial charge in [-0.1, -0.05) is 70.0 Å². The van der Waals surface area contributed by atoms with Crippen molar-refractivity contribution in [1.29, 1.82) is 0 Å². The molecule has 0 amide bonds. The van der Waals surface area contributed by atoms with Crippen molar-refractivity contribution in [2.75, 3.05) is 0 Å². The summed E-state index contributed by atoms with van der Waals surface area (Å²) in [6.45, 7) is 0. The summed E-state index contributed by atoms with van der Waals surface area (Å²) < 4.78 is 28.0. The number of hydrogen-bond acceptors (Lipinski definition) is 0. The SMILES string of the molecule is Fc1c(Cl)cccc1C(Br)c1ccc(F)c2ccccc12. The van der Waals surface area contributed by atoms with Gasteiger partial charge in [-0.15, -0.1) is 0 Å². The summed E-state index contributed by atoms with van der Waals surface area (Å²) in [5.74, 6) is -0.755. The van der Waals surface area contributed by atoms with Crippen LogP contribution in [0.2, 0.25) is 5.02 Å². The molecule has 4 heteroatoms. The van der Waals surface area contributed by atoms with Crippen molar-refractivity contribution in [1.82, 2.24) is 0 Å². The Labute approximate surface area is 134 Å². The number of rotatable bonds is 2. The van der Waals surface area contributed by atoms with E-state index in [1.165, 1.54) is 12.1 Å². The number of benzene rings is 3. The van der Waals surface area contributed by atoms with Crippen molar-refractivity contribution < 1.29 is 8.78 Å². The number of fused-ring (bicyclic) bond motifs is 1. The summed E-state index contributed by atoms with van der Waals surface area (Å²) >= 11 is 9.34. The smallest absolute Gasteiger partial charge is 0.146 e. The van der Waals surface area contributed by atoms with Crippen LogP contribution in [0.5, 0.6) is 0 Å². The molecule has 0 nitrogen and oxygen atoms in total. The second-order valence-corrected chi connectivity index (χ2v) is 6.01. The molecule has 0 heterocycles. The van der Waals surface area contributed by atoms with Gasteiger partial charge in [0.15, 0.2) is 0 Å². The van der Waals surface area contributed by atoms with Gasteiger partial charge in [-0.25, -0.2) is 8.78 Å². The first-order valence-electron chi connectivity index (χ1n) is 6.34. The molecule has 0 N–H and O–H groups in total. The Morgan fingerprint density at radius 3 is 2.29 bits per heavy atom. The van der Waals surface area contributed by atoms with Crippen LogP contribution in [-0.2, 0) is 0 Å². The van der Waals surface area contributed by atoms with E-state index in [9.17, 15) is 8.78 Å². The van der Waals surface area contributed by atoms with Crippen molar-refractivity contribution in [2.24, 2.45) is 0 Å². The van der Waals surface area contributed by atoms with Gasteiger partial charge in [-0.05, 0) is 23.1 Å². The van der Waals surface area contributed by atoms with E-state index in [-0.39, 0.29) is 10.8 Å². The monoisotopic (exact) mass is 366 g/mol. The summed E-state index contributed by atoms with van der Waals surface area (Å²) in [4.78, 5) is -0.401. The lowest BCUT2D eigenvalue weighted by molar-refractivity contribution is 0.614. The molecule has 21 heavy (non-hydrogen) atoms. The molecule has 3 rings (SSSR count). The molecule has 0 fully saturated rings. The molecular weight excluding hydrogens is 358 g/mol. The Hall–Kier alpha value is -1.45. The molecule has 1 unspecified atom stereocenters. The summed E-state index contributed by atoms with van der Waals surface area (Å²) in [5, 5.41) is 1.34. The molecular formula is C17H10BrClF2. The molecule has 0 aromatic heterocycles. The van der Waals surface area contributed by atoms with Gasteiger partial charge in [-0.2, -0.15) is 0 Å². The number of alkyl halides is 1. The molecule has 0 spiro atoms. The lowest BCUT2D eigenvalue weighted by Crippen LogP contribution is -1.99. The van der Waals surface area contributed by atoms with Gasteiger partial charge in [0.1, 0.15) is 11.6 Å². The maximum atomic E-state index is 14.2. The Bertz CT molecular complexity index is 817. The lowest BCUT2D eigenvalue weighted by Gasteiger charge is -2.15. The van der Waals surface area contributed by atoms with Gasteiger partial charge in [0.2, 0.25) is 0 Å². The van der Waals surface area contributed by atoms with Crippen molar-refractivity contribution in [3.05, 3.63) is 82.4 Å². The normalized spacial score (nSPS) is 12.6. The Kier molecular flexibility index (Phi) is 3.96. The third-order valence-corrected chi connectivity index (χ3v) is 4.71. The fraction of sp³-hybridized carbons (Fsp3) is 0.0588. The van der Waals surface area contributed by atoms with Gasteiger partial charge < -0.3 is 0 Å². The van der Waals surface area contributed by atoms with Gasteiger partial charge in [0.05, 0.1) is 9.85 Å². The van der Waals surface area contributed by atoms with Crippen LogP contribution in [0.3, 0.4) is 0 Å². The topological polar surface area (TPSA) is 0 Å². The summed E-state index contributed by atoms with van der Waals surface area (Å²) in [6.07, 6.45) is 0. The highest BCUT2D eigenvalue weighted by molar-refractivity contribution is 9.09. The fourth-order valence-corrected chi connectivity index (χ4v) is 3.33. The highest BCUT2D eigenvalue weighted by Crippen LogP contribution is 2.38. The maximum absolute atomic E-state index is 14.2. The van der Waals surface area contributed by atoms with Crippen LogP contribution >= 0.6 is 27.5 Å². The maximum Gasteiger partial charge on any atom is 0.146 e. The highest BCUT2D eigenvalue weighted by atomic mass is 79.9. The molecule has 0 saturated carbocycles. The van der Waals surface area contributed by atoms with E-state index in [1.54, 1.807) is 30.3 Å². The molecule has 1 atom stereocenters. The van der Waals surface area contributed by atoms with Crippen LogP contribution < -0.4 is 0 Å². The minimum atomic E-state index is -0.463. The first-order chi connectivity index (χ1) is 10.1. The zero-order chi connectivity index (χ0) is 15.0. The summed E-state index contributed by atoms with van der Waals surface area (Å²) in [6, 6.07) is 15.1. The molecule has 106 valence electrons. The average Bonchev–Trinajstić information content (AvgIpc) is 2.50. The van der Waals surface area contributed by atoms with E-state index in [0.29, 0.717) is 10.9 Å². The predicted octanol–water partition coefficient (Wildman–Crippen LogP) is 6.26. The van der Waals surface area contributed by atoms with E-state index in [2.05, 4.69) is 15.9 Å². The fourth-order valence-electron chi connectivity index (χ4n) is 2.39. The largest absolute Gasteiger partial charge is 0.206 e. The van der Waals surface area contributed by atoms with E-state index >= 15 is 0 Å². The molecule has 0 bridgehead atoms. The Morgan fingerprint density at radius 1 is 0.810 bits per heavy atom. The van der Waals surface area contributed by atoms with Crippen LogP contribution in [0.1, 0.15) is 16.0 Å². The molecule has 0 aliphatic carbocycles. The summed E-state index contributed by atoms with van der Waals surface area (Å²) in [7, 11) is 0.